The highest BCUT2D eigenvalue weighted by molar-refractivity contribution is 6.31. The van der Waals surface area contributed by atoms with Crippen LogP contribution in [0.15, 0.2) is 75.9 Å². The molecule has 1 aromatic heterocycles. The minimum Gasteiger partial charge on any atom is -0.462 e. The van der Waals surface area contributed by atoms with Crippen LogP contribution in [0.25, 0.3) is 11.0 Å². The number of fused-ring (bicyclic) bond motifs is 2. The highest BCUT2D eigenvalue weighted by Gasteiger charge is 2.43. The smallest absolute Gasteiger partial charge is 0.338 e. The summed E-state index contributed by atoms with van der Waals surface area (Å²) in [5.41, 5.74) is 1.26. The van der Waals surface area contributed by atoms with Crippen LogP contribution in [0.3, 0.4) is 0 Å². The normalized spacial score (nSPS) is 15.0. The second kappa shape index (κ2) is 8.43. The summed E-state index contributed by atoms with van der Waals surface area (Å²) < 4.78 is 24.6. The van der Waals surface area contributed by atoms with Crippen molar-refractivity contribution >= 4 is 40.1 Å². The van der Waals surface area contributed by atoms with Crippen LogP contribution in [-0.4, -0.2) is 18.5 Å². The molecular formula is C26H17ClFNO5. The first-order valence-corrected chi connectivity index (χ1v) is 10.9. The number of esters is 1. The van der Waals surface area contributed by atoms with E-state index in [4.69, 9.17) is 20.8 Å². The Bertz CT molecular complexity index is 1500. The molecule has 34 heavy (non-hydrogen) atoms. The van der Waals surface area contributed by atoms with E-state index in [1.54, 1.807) is 25.1 Å². The summed E-state index contributed by atoms with van der Waals surface area (Å²) in [5, 5.41) is 0.597. The van der Waals surface area contributed by atoms with E-state index in [0.29, 0.717) is 21.8 Å². The fraction of sp³-hybridized carbons (Fsp3) is 0.115. The Morgan fingerprint density at radius 3 is 2.44 bits per heavy atom. The Kier molecular flexibility index (Phi) is 5.42. The predicted molar refractivity (Wildman–Crippen MR) is 125 cm³/mol. The van der Waals surface area contributed by atoms with Gasteiger partial charge in [0.2, 0.25) is 5.76 Å². The van der Waals surface area contributed by atoms with Gasteiger partial charge in [0.05, 0.1) is 29.2 Å². The van der Waals surface area contributed by atoms with Gasteiger partial charge in [-0.3, -0.25) is 14.5 Å². The molecule has 1 aliphatic rings. The second-order valence-electron chi connectivity index (χ2n) is 7.71. The highest BCUT2D eigenvalue weighted by atomic mass is 35.5. The molecular weight excluding hydrogens is 461 g/mol. The summed E-state index contributed by atoms with van der Waals surface area (Å²) in [6.07, 6.45) is 0. The number of carbonyl (C=O) groups excluding carboxylic acids is 2. The van der Waals surface area contributed by atoms with Gasteiger partial charge in [-0.15, -0.1) is 0 Å². The average Bonchev–Trinajstić information content (AvgIpc) is 3.13. The SMILES string of the molecule is CCOC(=O)c1ccc(N2C(=O)c3oc4ccc(Cl)cc4c(=O)c3C2c2ccc(F)cc2)cc1. The minimum atomic E-state index is -0.865. The molecule has 2 heterocycles. The van der Waals surface area contributed by atoms with Gasteiger partial charge >= 0.3 is 5.97 Å². The van der Waals surface area contributed by atoms with Crippen molar-refractivity contribution in [2.45, 2.75) is 13.0 Å². The van der Waals surface area contributed by atoms with Gasteiger partial charge in [-0.2, -0.15) is 0 Å². The van der Waals surface area contributed by atoms with Crippen molar-refractivity contribution in [1.82, 2.24) is 0 Å². The number of rotatable bonds is 4. The number of nitrogens with zero attached hydrogens (tertiary/aromatic N) is 1. The molecule has 170 valence electrons. The molecule has 3 aromatic carbocycles. The van der Waals surface area contributed by atoms with Gasteiger partial charge in [0.1, 0.15) is 11.4 Å². The van der Waals surface area contributed by atoms with Crippen molar-refractivity contribution in [3.05, 3.63) is 110 Å². The molecule has 0 radical (unpaired) electrons. The van der Waals surface area contributed by atoms with Gasteiger partial charge in [-0.25, -0.2) is 9.18 Å². The number of benzene rings is 3. The van der Waals surface area contributed by atoms with E-state index in [9.17, 15) is 18.8 Å². The number of anilines is 1. The largest absolute Gasteiger partial charge is 0.462 e. The Morgan fingerprint density at radius 2 is 1.76 bits per heavy atom. The quantitative estimate of drug-likeness (QED) is 0.362. The van der Waals surface area contributed by atoms with Crippen molar-refractivity contribution in [2.24, 2.45) is 0 Å². The summed E-state index contributed by atoms with van der Waals surface area (Å²) in [4.78, 5) is 40.5. The molecule has 0 N–H and O–H groups in total. The van der Waals surface area contributed by atoms with Gasteiger partial charge in [-0.1, -0.05) is 23.7 Å². The van der Waals surface area contributed by atoms with E-state index in [-0.39, 0.29) is 28.9 Å². The molecule has 1 amide bonds. The maximum absolute atomic E-state index is 13.7. The van der Waals surface area contributed by atoms with E-state index < -0.39 is 29.2 Å². The lowest BCUT2D eigenvalue weighted by atomic mass is 9.98. The first-order chi connectivity index (χ1) is 16.4. The van der Waals surface area contributed by atoms with Crippen molar-refractivity contribution < 1.29 is 23.1 Å². The van der Waals surface area contributed by atoms with E-state index in [1.165, 1.54) is 53.4 Å². The van der Waals surface area contributed by atoms with Crippen LogP contribution in [0, 0.1) is 5.82 Å². The molecule has 0 aliphatic carbocycles. The third kappa shape index (κ3) is 3.54. The fourth-order valence-electron chi connectivity index (χ4n) is 4.14. The Morgan fingerprint density at radius 1 is 1.06 bits per heavy atom. The van der Waals surface area contributed by atoms with Gasteiger partial charge in [-0.05, 0) is 67.1 Å². The lowest BCUT2D eigenvalue weighted by Crippen LogP contribution is -2.29. The molecule has 4 aromatic rings. The Labute approximate surface area is 198 Å². The average molecular weight is 478 g/mol. The molecule has 0 fully saturated rings. The first-order valence-electron chi connectivity index (χ1n) is 10.5. The monoisotopic (exact) mass is 477 g/mol. The van der Waals surface area contributed by atoms with Crippen molar-refractivity contribution in [2.75, 3.05) is 11.5 Å². The van der Waals surface area contributed by atoms with Crippen molar-refractivity contribution in [1.29, 1.82) is 0 Å². The van der Waals surface area contributed by atoms with Crippen LogP contribution < -0.4 is 10.3 Å². The zero-order valence-corrected chi connectivity index (χ0v) is 18.6. The number of hydrogen-bond donors (Lipinski definition) is 0. The van der Waals surface area contributed by atoms with E-state index >= 15 is 0 Å². The molecule has 0 spiro atoms. The third-order valence-corrected chi connectivity index (χ3v) is 5.91. The molecule has 5 rings (SSSR count). The van der Waals surface area contributed by atoms with E-state index in [2.05, 4.69) is 0 Å². The van der Waals surface area contributed by atoms with Gasteiger partial charge in [0, 0.05) is 10.7 Å². The first kappa shape index (κ1) is 21.9. The second-order valence-corrected chi connectivity index (χ2v) is 8.15. The fourth-order valence-corrected chi connectivity index (χ4v) is 4.32. The van der Waals surface area contributed by atoms with Crippen LogP contribution in [0.1, 0.15) is 45.0 Å². The van der Waals surface area contributed by atoms with Crippen LogP contribution in [-0.2, 0) is 4.74 Å². The summed E-state index contributed by atoms with van der Waals surface area (Å²) in [5.74, 6) is -1.55. The molecule has 1 unspecified atom stereocenters. The summed E-state index contributed by atoms with van der Waals surface area (Å²) in [6.45, 7) is 1.94. The topological polar surface area (TPSA) is 76.8 Å². The zero-order valence-electron chi connectivity index (χ0n) is 17.9. The maximum atomic E-state index is 13.7. The molecule has 0 saturated carbocycles. The lowest BCUT2D eigenvalue weighted by Gasteiger charge is -2.25. The summed E-state index contributed by atoms with van der Waals surface area (Å²) >= 11 is 6.09. The molecule has 1 atom stereocenters. The summed E-state index contributed by atoms with van der Waals surface area (Å²) in [6, 6.07) is 15.6. The summed E-state index contributed by atoms with van der Waals surface area (Å²) in [7, 11) is 0. The van der Waals surface area contributed by atoms with E-state index in [1.807, 2.05) is 0 Å². The number of hydrogen-bond acceptors (Lipinski definition) is 5. The Hall–Kier alpha value is -3.97. The van der Waals surface area contributed by atoms with Crippen LogP contribution in [0.2, 0.25) is 5.02 Å². The lowest BCUT2D eigenvalue weighted by molar-refractivity contribution is 0.0526. The minimum absolute atomic E-state index is 0.0939. The molecule has 8 heteroatoms. The van der Waals surface area contributed by atoms with Gasteiger partial charge in [0.25, 0.3) is 5.91 Å². The zero-order chi connectivity index (χ0) is 24.0. The van der Waals surface area contributed by atoms with Crippen LogP contribution >= 0.6 is 11.6 Å². The van der Waals surface area contributed by atoms with Crippen LogP contribution in [0.4, 0.5) is 10.1 Å². The van der Waals surface area contributed by atoms with Crippen molar-refractivity contribution in [3.63, 3.8) is 0 Å². The van der Waals surface area contributed by atoms with Crippen molar-refractivity contribution in [3.8, 4) is 0 Å². The third-order valence-electron chi connectivity index (χ3n) is 5.67. The number of ether oxygens (including phenoxy) is 1. The Balaban J connectivity index is 1.70. The predicted octanol–water partition coefficient (Wildman–Crippen LogP) is 5.51. The van der Waals surface area contributed by atoms with Gasteiger partial charge in [0.15, 0.2) is 5.43 Å². The molecule has 6 nitrogen and oxygen atoms in total. The number of halogens is 2. The maximum Gasteiger partial charge on any atom is 0.338 e. The highest BCUT2D eigenvalue weighted by Crippen LogP contribution is 2.41. The molecule has 0 bridgehead atoms. The number of amides is 1. The van der Waals surface area contributed by atoms with Gasteiger partial charge < -0.3 is 9.15 Å². The van der Waals surface area contributed by atoms with E-state index in [0.717, 1.165) is 0 Å². The number of carbonyl (C=O) groups is 2. The standard InChI is InChI=1S/C26H17ClFNO5/c1-2-33-26(32)15-5-10-18(11-6-15)29-22(14-3-8-17(28)9-4-14)21-23(30)19-13-16(27)7-12-20(19)34-24(21)25(29)31/h3-13,22H,2H2,1H3. The molecule has 1 aliphatic heterocycles. The van der Waals surface area contributed by atoms with Crippen LogP contribution in [0.5, 0.6) is 0 Å². The molecule has 0 saturated heterocycles.